The minimum atomic E-state index is -0.737. The second kappa shape index (κ2) is 6.65. The van der Waals surface area contributed by atoms with E-state index < -0.39 is 17.2 Å². The Morgan fingerprint density at radius 1 is 1.20 bits per heavy atom. The van der Waals surface area contributed by atoms with Crippen LogP contribution < -0.4 is 0 Å². The first kappa shape index (κ1) is 14.7. The van der Waals surface area contributed by atoms with Crippen molar-refractivity contribution in [2.24, 2.45) is 5.92 Å². The molecule has 0 spiro atoms. The van der Waals surface area contributed by atoms with Gasteiger partial charge in [-0.2, -0.15) is 5.26 Å². The lowest BCUT2D eigenvalue weighted by Crippen LogP contribution is -2.13. The molecule has 1 nitrogen and oxygen atoms in total. The van der Waals surface area contributed by atoms with Crippen LogP contribution in [-0.2, 0) is 0 Å². The van der Waals surface area contributed by atoms with Crippen molar-refractivity contribution in [2.45, 2.75) is 44.9 Å². The number of nitriles is 1. The van der Waals surface area contributed by atoms with Gasteiger partial charge < -0.3 is 0 Å². The summed E-state index contributed by atoms with van der Waals surface area (Å²) in [7, 11) is 0. The van der Waals surface area contributed by atoms with Crippen molar-refractivity contribution in [3.63, 3.8) is 0 Å². The Balaban J connectivity index is 2.06. The van der Waals surface area contributed by atoms with Crippen molar-refractivity contribution in [2.75, 3.05) is 0 Å². The lowest BCUT2D eigenvalue weighted by molar-refractivity contribution is 0.327. The zero-order chi connectivity index (χ0) is 14.5. The minimum absolute atomic E-state index is 0.216. The largest absolute Gasteiger partial charge is 0.205 e. The van der Waals surface area contributed by atoms with E-state index in [2.05, 4.69) is 12.2 Å². The molecule has 20 heavy (non-hydrogen) atoms. The van der Waals surface area contributed by atoms with E-state index in [9.17, 15) is 8.78 Å². The predicted molar refractivity (Wildman–Crippen MR) is 75.2 cm³/mol. The van der Waals surface area contributed by atoms with E-state index in [1.165, 1.54) is 12.1 Å². The highest BCUT2D eigenvalue weighted by molar-refractivity contribution is 5.36. The number of rotatable bonds is 3. The quantitative estimate of drug-likeness (QED) is 0.706. The summed E-state index contributed by atoms with van der Waals surface area (Å²) in [5, 5.41) is 8.68. The highest BCUT2D eigenvalue weighted by Gasteiger charge is 2.23. The summed E-state index contributed by atoms with van der Waals surface area (Å²) >= 11 is 0. The molecule has 1 aromatic rings. The predicted octanol–water partition coefficient (Wildman–Crippen LogP) is 5.08. The van der Waals surface area contributed by atoms with Gasteiger partial charge in [0.2, 0.25) is 0 Å². The summed E-state index contributed by atoms with van der Waals surface area (Å²) in [5.74, 6) is -0.568. The van der Waals surface area contributed by atoms with Crippen molar-refractivity contribution in [3.8, 4) is 6.07 Å². The molecule has 2 rings (SSSR count). The first-order chi connectivity index (χ1) is 9.65. The van der Waals surface area contributed by atoms with Gasteiger partial charge in [-0.05, 0) is 68.6 Å². The van der Waals surface area contributed by atoms with Gasteiger partial charge in [0, 0.05) is 0 Å². The second-order valence-corrected chi connectivity index (χ2v) is 5.49. The normalized spacial score (nSPS) is 22.9. The van der Waals surface area contributed by atoms with Gasteiger partial charge in [0.05, 0.1) is 0 Å². The van der Waals surface area contributed by atoms with Crippen LogP contribution in [0.2, 0.25) is 0 Å². The molecule has 0 N–H and O–H groups in total. The van der Waals surface area contributed by atoms with Crippen molar-refractivity contribution in [3.05, 3.63) is 47.0 Å². The number of benzene rings is 1. The molecule has 0 saturated heterocycles. The van der Waals surface area contributed by atoms with Gasteiger partial charge in [0.25, 0.3) is 0 Å². The Morgan fingerprint density at radius 2 is 1.80 bits per heavy atom. The van der Waals surface area contributed by atoms with Crippen molar-refractivity contribution < 1.29 is 8.78 Å². The molecular formula is C17H19F2N. The van der Waals surface area contributed by atoms with E-state index in [0.29, 0.717) is 11.5 Å². The molecule has 1 fully saturated rings. The molecular weight excluding hydrogens is 256 g/mol. The van der Waals surface area contributed by atoms with Gasteiger partial charge >= 0.3 is 0 Å². The summed E-state index contributed by atoms with van der Waals surface area (Å²) < 4.78 is 27.3. The van der Waals surface area contributed by atoms with E-state index in [1.807, 2.05) is 6.92 Å². The first-order valence-corrected chi connectivity index (χ1v) is 7.16. The van der Waals surface area contributed by atoms with Gasteiger partial charge in [0.1, 0.15) is 23.3 Å². The number of halogens is 2. The van der Waals surface area contributed by atoms with Gasteiger partial charge in [-0.15, -0.1) is 0 Å². The molecule has 0 radical (unpaired) electrons. The summed E-state index contributed by atoms with van der Waals surface area (Å²) in [6, 6.07) is 4.23. The molecule has 0 heterocycles. The van der Waals surface area contributed by atoms with Crippen LogP contribution >= 0.6 is 0 Å². The smallest absolute Gasteiger partial charge is 0.144 e. The van der Waals surface area contributed by atoms with Crippen molar-refractivity contribution >= 4 is 0 Å². The third-order valence-corrected chi connectivity index (χ3v) is 4.20. The van der Waals surface area contributed by atoms with E-state index in [0.717, 1.165) is 32.1 Å². The summed E-state index contributed by atoms with van der Waals surface area (Å²) in [6.07, 6.45) is 9.47. The van der Waals surface area contributed by atoms with Crippen LogP contribution in [0.25, 0.3) is 0 Å². The second-order valence-electron chi connectivity index (χ2n) is 5.49. The Bertz CT molecular complexity index is 511. The van der Waals surface area contributed by atoms with E-state index in [4.69, 9.17) is 5.26 Å². The molecule has 1 aliphatic carbocycles. The fourth-order valence-electron chi connectivity index (χ4n) is 3.00. The maximum absolute atomic E-state index is 13.6. The molecule has 0 amide bonds. The first-order valence-electron chi connectivity index (χ1n) is 7.16. The fraction of sp³-hybridized carbons (Fsp3) is 0.471. The maximum atomic E-state index is 13.6. The van der Waals surface area contributed by atoms with Crippen molar-refractivity contribution in [1.82, 2.24) is 0 Å². The highest BCUT2D eigenvalue weighted by Crippen LogP contribution is 2.37. The maximum Gasteiger partial charge on any atom is 0.144 e. The zero-order valence-electron chi connectivity index (χ0n) is 11.7. The molecule has 0 unspecified atom stereocenters. The lowest BCUT2D eigenvalue weighted by Gasteiger charge is -2.28. The van der Waals surface area contributed by atoms with Crippen LogP contribution in [0.4, 0.5) is 8.78 Å². The molecule has 1 saturated carbocycles. The standard InChI is InChI=1S/C17H19F2N/c1-2-3-4-12-5-7-13(8-6-12)14-9-16(18)15(11-20)17(19)10-14/h2-3,9-10,12-13H,4-8H2,1H3/b3-2+. The van der Waals surface area contributed by atoms with Gasteiger partial charge in [-0.3, -0.25) is 0 Å². The number of hydrogen-bond acceptors (Lipinski definition) is 1. The Morgan fingerprint density at radius 3 is 2.30 bits per heavy atom. The van der Waals surface area contributed by atoms with Crippen molar-refractivity contribution in [1.29, 1.82) is 5.26 Å². The average molecular weight is 275 g/mol. The van der Waals surface area contributed by atoms with E-state index in [1.54, 1.807) is 6.07 Å². The molecule has 1 aromatic carbocycles. The molecule has 0 bridgehead atoms. The van der Waals surface area contributed by atoms with E-state index >= 15 is 0 Å². The van der Waals surface area contributed by atoms with Crippen LogP contribution in [0, 0.1) is 28.9 Å². The number of hydrogen-bond donors (Lipinski definition) is 0. The van der Waals surface area contributed by atoms with Crippen LogP contribution in [-0.4, -0.2) is 0 Å². The van der Waals surface area contributed by atoms with Gasteiger partial charge in [0.15, 0.2) is 0 Å². The van der Waals surface area contributed by atoms with E-state index in [-0.39, 0.29) is 5.92 Å². The minimum Gasteiger partial charge on any atom is -0.205 e. The van der Waals surface area contributed by atoms with Gasteiger partial charge in [-0.1, -0.05) is 12.2 Å². The molecule has 3 heteroatoms. The van der Waals surface area contributed by atoms with Crippen LogP contribution in [0.5, 0.6) is 0 Å². The molecule has 0 atom stereocenters. The molecule has 0 aliphatic heterocycles. The van der Waals surface area contributed by atoms with Crippen LogP contribution in [0.1, 0.15) is 56.1 Å². The summed E-state index contributed by atoms with van der Waals surface area (Å²) in [5.41, 5.74) is 0.221. The molecule has 1 aliphatic rings. The SMILES string of the molecule is C/C=C/CC1CCC(c2cc(F)c(C#N)c(F)c2)CC1. The summed E-state index contributed by atoms with van der Waals surface area (Å²) in [4.78, 5) is 0. The monoisotopic (exact) mass is 275 g/mol. The average Bonchev–Trinajstić information content (AvgIpc) is 2.45. The Kier molecular flexibility index (Phi) is 4.89. The molecule has 0 aromatic heterocycles. The number of nitrogens with zero attached hydrogens (tertiary/aromatic N) is 1. The number of allylic oxidation sites excluding steroid dienone is 2. The lowest BCUT2D eigenvalue weighted by atomic mass is 9.77. The third-order valence-electron chi connectivity index (χ3n) is 4.20. The highest BCUT2D eigenvalue weighted by atomic mass is 19.1. The third kappa shape index (κ3) is 3.25. The zero-order valence-corrected chi connectivity index (χ0v) is 11.7. The van der Waals surface area contributed by atoms with Crippen LogP contribution in [0.15, 0.2) is 24.3 Å². The Labute approximate surface area is 118 Å². The summed E-state index contributed by atoms with van der Waals surface area (Å²) in [6.45, 7) is 2.02. The van der Waals surface area contributed by atoms with Crippen LogP contribution in [0.3, 0.4) is 0 Å². The Hall–Kier alpha value is -1.69. The topological polar surface area (TPSA) is 23.8 Å². The fourth-order valence-corrected chi connectivity index (χ4v) is 3.00. The van der Waals surface area contributed by atoms with Gasteiger partial charge in [-0.25, -0.2) is 8.78 Å². The molecule has 106 valence electrons.